The molecule has 3 rings (SSSR count). The predicted octanol–water partition coefficient (Wildman–Crippen LogP) is 1.83. The van der Waals surface area contributed by atoms with Crippen LogP contribution in [0.5, 0.6) is 0 Å². The van der Waals surface area contributed by atoms with Gasteiger partial charge in [-0.2, -0.15) is 5.10 Å². The molecule has 0 fully saturated rings. The van der Waals surface area contributed by atoms with Crippen molar-refractivity contribution < 1.29 is 0 Å². The molecule has 0 amide bonds. The maximum Gasteiger partial charge on any atom is 0.191 e. The van der Waals surface area contributed by atoms with Crippen molar-refractivity contribution in [3.63, 3.8) is 0 Å². The summed E-state index contributed by atoms with van der Waals surface area (Å²) in [5.74, 6) is 1.60. The molecule has 6 heteroatoms. The van der Waals surface area contributed by atoms with Gasteiger partial charge in [0.25, 0.3) is 0 Å². The summed E-state index contributed by atoms with van der Waals surface area (Å²) in [6, 6.07) is 14.8. The topological polar surface area (TPSA) is 67.1 Å². The van der Waals surface area contributed by atoms with Crippen LogP contribution >= 0.6 is 0 Å². The third-order valence-electron chi connectivity index (χ3n) is 3.72. The molecule has 0 bridgehead atoms. The van der Waals surface area contributed by atoms with Crippen LogP contribution in [0, 0.1) is 0 Å². The van der Waals surface area contributed by atoms with Crippen molar-refractivity contribution in [3.05, 3.63) is 60.2 Å². The highest BCUT2D eigenvalue weighted by molar-refractivity contribution is 5.83. The van der Waals surface area contributed by atoms with Crippen LogP contribution in [0.4, 0.5) is 0 Å². The van der Waals surface area contributed by atoms with Crippen LogP contribution in [0.25, 0.3) is 10.8 Å². The molecule has 0 unspecified atom stereocenters. The summed E-state index contributed by atoms with van der Waals surface area (Å²) in [5, 5.41) is 13.1. The van der Waals surface area contributed by atoms with E-state index < -0.39 is 0 Å². The minimum absolute atomic E-state index is 0.577. The first-order valence-corrected chi connectivity index (χ1v) is 7.51. The van der Waals surface area contributed by atoms with E-state index in [1.165, 1.54) is 16.3 Å². The molecule has 0 aliphatic carbocycles. The Morgan fingerprint density at radius 1 is 1.09 bits per heavy atom. The summed E-state index contributed by atoms with van der Waals surface area (Å²) in [6.07, 6.45) is 1.54. The zero-order chi connectivity index (χ0) is 16.1. The second-order valence-corrected chi connectivity index (χ2v) is 5.26. The van der Waals surface area contributed by atoms with Gasteiger partial charge in [0, 0.05) is 20.6 Å². The number of aliphatic imine (C=N–C) groups is 1. The van der Waals surface area contributed by atoms with Crippen molar-refractivity contribution in [3.8, 4) is 0 Å². The standard InChI is InChI=1S/C17H20N6/c1-18-17(20-11-16-21-12-22-23(16)2)19-10-13-7-8-14-5-3-4-6-15(14)9-13/h3-9,12H,10-11H2,1-2H3,(H2,18,19,20). The van der Waals surface area contributed by atoms with Gasteiger partial charge in [-0.05, 0) is 22.4 Å². The second-order valence-electron chi connectivity index (χ2n) is 5.26. The molecule has 0 saturated heterocycles. The molecule has 6 nitrogen and oxygen atoms in total. The molecule has 0 atom stereocenters. The Kier molecular flexibility index (Phi) is 4.52. The average Bonchev–Trinajstić information content (AvgIpc) is 3.00. The van der Waals surface area contributed by atoms with E-state index in [2.05, 4.69) is 68.2 Å². The number of aromatic nitrogens is 3. The van der Waals surface area contributed by atoms with Gasteiger partial charge < -0.3 is 10.6 Å². The average molecular weight is 308 g/mol. The van der Waals surface area contributed by atoms with Crippen LogP contribution in [0.3, 0.4) is 0 Å². The molecular formula is C17H20N6. The highest BCUT2D eigenvalue weighted by atomic mass is 15.3. The summed E-state index contributed by atoms with van der Waals surface area (Å²) >= 11 is 0. The van der Waals surface area contributed by atoms with Gasteiger partial charge >= 0.3 is 0 Å². The highest BCUT2D eigenvalue weighted by Gasteiger charge is 2.03. The normalized spacial score (nSPS) is 11.7. The molecule has 0 aliphatic heterocycles. The van der Waals surface area contributed by atoms with Gasteiger partial charge in [0.05, 0.1) is 6.54 Å². The Hall–Kier alpha value is -2.89. The van der Waals surface area contributed by atoms with E-state index in [4.69, 9.17) is 0 Å². The Labute approximate surface area is 135 Å². The lowest BCUT2D eigenvalue weighted by Crippen LogP contribution is -2.36. The maximum atomic E-state index is 4.23. The molecule has 118 valence electrons. The molecular weight excluding hydrogens is 288 g/mol. The lowest BCUT2D eigenvalue weighted by Gasteiger charge is -2.12. The Bertz CT molecular complexity index is 821. The molecule has 3 aromatic rings. The van der Waals surface area contributed by atoms with Gasteiger partial charge in [-0.1, -0.05) is 36.4 Å². The van der Waals surface area contributed by atoms with E-state index in [1.807, 2.05) is 7.05 Å². The fourth-order valence-corrected chi connectivity index (χ4v) is 2.40. The molecule has 0 saturated carbocycles. The summed E-state index contributed by atoms with van der Waals surface area (Å²) in [5.41, 5.74) is 1.21. The monoisotopic (exact) mass is 308 g/mol. The number of nitrogens with one attached hydrogen (secondary N) is 2. The molecule has 0 spiro atoms. The number of nitrogens with zero attached hydrogens (tertiary/aromatic N) is 4. The zero-order valence-electron chi connectivity index (χ0n) is 13.3. The van der Waals surface area contributed by atoms with Gasteiger partial charge in [0.2, 0.25) is 0 Å². The van der Waals surface area contributed by atoms with Crippen molar-refractivity contribution in [2.75, 3.05) is 7.05 Å². The minimum Gasteiger partial charge on any atom is -0.352 e. The first kappa shape index (κ1) is 15.0. The smallest absolute Gasteiger partial charge is 0.191 e. The lowest BCUT2D eigenvalue weighted by atomic mass is 10.1. The van der Waals surface area contributed by atoms with Gasteiger partial charge in [0.1, 0.15) is 12.2 Å². The number of hydrogen-bond donors (Lipinski definition) is 2. The summed E-state index contributed by atoms with van der Waals surface area (Å²) < 4.78 is 1.74. The van der Waals surface area contributed by atoms with E-state index in [0.29, 0.717) is 13.1 Å². The van der Waals surface area contributed by atoms with Crippen LogP contribution in [0.2, 0.25) is 0 Å². The fourth-order valence-electron chi connectivity index (χ4n) is 2.40. The van der Waals surface area contributed by atoms with Gasteiger partial charge in [0.15, 0.2) is 5.96 Å². The Morgan fingerprint density at radius 2 is 1.87 bits per heavy atom. The van der Waals surface area contributed by atoms with Crippen LogP contribution in [0.15, 0.2) is 53.8 Å². The third kappa shape index (κ3) is 3.66. The first-order valence-electron chi connectivity index (χ1n) is 7.51. The summed E-state index contributed by atoms with van der Waals surface area (Å²) in [6.45, 7) is 1.29. The van der Waals surface area contributed by atoms with E-state index in [9.17, 15) is 0 Å². The number of hydrogen-bond acceptors (Lipinski definition) is 3. The van der Waals surface area contributed by atoms with Crippen LogP contribution in [-0.2, 0) is 20.1 Å². The van der Waals surface area contributed by atoms with Crippen molar-refractivity contribution in [2.24, 2.45) is 12.0 Å². The Morgan fingerprint density at radius 3 is 2.61 bits per heavy atom. The van der Waals surface area contributed by atoms with Gasteiger partial charge in [-0.25, -0.2) is 4.98 Å². The third-order valence-corrected chi connectivity index (χ3v) is 3.72. The number of guanidine groups is 1. The summed E-state index contributed by atoms with van der Waals surface area (Å²) in [4.78, 5) is 8.41. The molecule has 2 N–H and O–H groups in total. The second kappa shape index (κ2) is 6.91. The quantitative estimate of drug-likeness (QED) is 0.570. The van der Waals surface area contributed by atoms with E-state index in [1.54, 1.807) is 18.1 Å². The molecule has 1 heterocycles. The summed E-state index contributed by atoms with van der Waals surface area (Å²) in [7, 11) is 3.63. The number of rotatable bonds is 4. The Balaban J connectivity index is 1.59. The molecule has 23 heavy (non-hydrogen) atoms. The lowest BCUT2D eigenvalue weighted by molar-refractivity contribution is 0.673. The van der Waals surface area contributed by atoms with Crippen LogP contribution in [0.1, 0.15) is 11.4 Å². The molecule has 2 aromatic carbocycles. The van der Waals surface area contributed by atoms with Crippen LogP contribution < -0.4 is 10.6 Å². The largest absolute Gasteiger partial charge is 0.352 e. The zero-order valence-corrected chi connectivity index (χ0v) is 13.3. The van der Waals surface area contributed by atoms with Gasteiger partial charge in [-0.3, -0.25) is 9.67 Å². The fraction of sp³-hybridized carbons (Fsp3) is 0.235. The van der Waals surface area contributed by atoms with Crippen molar-refractivity contribution in [1.82, 2.24) is 25.4 Å². The number of fused-ring (bicyclic) bond motifs is 1. The van der Waals surface area contributed by atoms with Gasteiger partial charge in [-0.15, -0.1) is 0 Å². The molecule has 0 radical (unpaired) electrons. The van der Waals surface area contributed by atoms with E-state index >= 15 is 0 Å². The number of aryl methyl sites for hydroxylation is 1. The van der Waals surface area contributed by atoms with Crippen molar-refractivity contribution >= 4 is 16.7 Å². The van der Waals surface area contributed by atoms with Crippen LogP contribution in [-0.4, -0.2) is 27.8 Å². The van der Waals surface area contributed by atoms with Crippen molar-refractivity contribution in [2.45, 2.75) is 13.1 Å². The highest BCUT2D eigenvalue weighted by Crippen LogP contribution is 2.15. The van der Waals surface area contributed by atoms with Crippen molar-refractivity contribution in [1.29, 1.82) is 0 Å². The minimum atomic E-state index is 0.577. The molecule has 1 aromatic heterocycles. The molecule has 0 aliphatic rings. The van der Waals surface area contributed by atoms with E-state index in [-0.39, 0.29) is 0 Å². The maximum absolute atomic E-state index is 4.23. The first-order chi connectivity index (χ1) is 11.3. The number of benzene rings is 2. The van der Waals surface area contributed by atoms with E-state index in [0.717, 1.165) is 11.8 Å². The predicted molar refractivity (Wildman–Crippen MR) is 92.0 cm³/mol. The SMILES string of the molecule is CN=C(NCc1ccc2ccccc2c1)NCc1ncnn1C.